The lowest BCUT2D eigenvalue weighted by atomic mass is 9.78. The smallest absolute Gasteiger partial charge is 0.358 e. The third-order valence-electron chi connectivity index (χ3n) is 4.04. The number of hydrogen-bond acceptors (Lipinski definition) is 4. The van der Waals surface area contributed by atoms with E-state index in [1.165, 1.54) is 10.9 Å². The van der Waals surface area contributed by atoms with Gasteiger partial charge in [0.15, 0.2) is 5.69 Å². The third kappa shape index (κ3) is 3.94. The molecule has 122 valence electrons. The van der Waals surface area contributed by atoms with Gasteiger partial charge in [-0.2, -0.15) is 0 Å². The van der Waals surface area contributed by atoms with Crippen LogP contribution in [0.15, 0.2) is 36.5 Å². The number of nitrogens with zero attached hydrogens (tertiary/aromatic N) is 3. The largest absolute Gasteiger partial charge is 0.476 e. The highest BCUT2D eigenvalue weighted by molar-refractivity contribution is 5.84. The number of carboxylic acid groups (broad SMARTS) is 1. The Morgan fingerprint density at radius 2 is 1.96 bits per heavy atom. The highest BCUT2D eigenvalue weighted by atomic mass is 16.4. The van der Waals surface area contributed by atoms with Crippen molar-refractivity contribution in [1.29, 1.82) is 0 Å². The number of benzene rings is 1. The Hall–Kier alpha value is -2.70. The van der Waals surface area contributed by atoms with Crippen LogP contribution < -0.4 is 5.32 Å². The average Bonchev–Trinajstić information content (AvgIpc) is 2.96. The van der Waals surface area contributed by atoms with Crippen LogP contribution in [0.1, 0.15) is 36.8 Å². The number of carbonyl (C=O) groups is 2. The molecule has 0 bridgehead atoms. The zero-order chi connectivity index (χ0) is 17.0. The van der Waals surface area contributed by atoms with Gasteiger partial charge >= 0.3 is 5.97 Å². The minimum Gasteiger partial charge on any atom is -0.476 e. The molecule has 1 aromatic carbocycles. The molecule has 7 nitrogen and oxygen atoms in total. The van der Waals surface area contributed by atoms with Crippen molar-refractivity contribution in [2.75, 3.05) is 0 Å². The molecule has 2 rings (SSSR count). The SMILES string of the molecule is CC(NC(=O)Cn1cc(C(=O)O)nn1)C(C)(C)c1ccccc1. The van der Waals surface area contributed by atoms with Crippen LogP contribution in [0.3, 0.4) is 0 Å². The predicted octanol–water partition coefficient (Wildman–Crippen LogP) is 1.46. The summed E-state index contributed by atoms with van der Waals surface area (Å²) >= 11 is 0. The van der Waals surface area contributed by atoms with Gasteiger partial charge in [0, 0.05) is 11.5 Å². The molecule has 0 aliphatic carbocycles. The Balaban J connectivity index is 2.00. The minimum absolute atomic E-state index is 0.0739. The van der Waals surface area contributed by atoms with Crippen LogP contribution >= 0.6 is 0 Å². The number of carbonyl (C=O) groups excluding carboxylic acids is 1. The maximum atomic E-state index is 12.1. The van der Waals surface area contributed by atoms with Gasteiger partial charge in [0.25, 0.3) is 0 Å². The summed E-state index contributed by atoms with van der Waals surface area (Å²) in [5, 5.41) is 18.8. The zero-order valence-corrected chi connectivity index (χ0v) is 13.4. The standard InChI is InChI=1S/C16H20N4O3/c1-11(16(2,3)12-7-5-4-6-8-12)17-14(21)10-20-9-13(15(22)23)18-19-20/h4-9,11H,10H2,1-3H3,(H,17,21)(H,22,23). The van der Waals surface area contributed by atoms with Gasteiger partial charge in [-0.3, -0.25) is 4.79 Å². The summed E-state index contributed by atoms with van der Waals surface area (Å²) in [6, 6.07) is 9.83. The second-order valence-corrected chi connectivity index (χ2v) is 5.98. The summed E-state index contributed by atoms with van der Waals surface area (Å²) in [4.78, 5) is 22.9. The van der Waals surface area contributed by atoms with E-state index in [4.69, 9.17) is 5.11 Å². The first-order chi connectivity index (χ1) is 10.8. The van der Waals surface area contributed by atoms with Crippen LogP contribution in [0, 0.1) is 0 Å². The Labute approximate surface area is 134 Å². The van der Waals surface area contributed by atoms with Crippen LogP contribution in [-0.2, 0) is 16.8 Å². The van der Waals surface area contributed by atoms with Crippen molar-refractivity contribution in [2.24, 2.45) is 0 Å². The molecule has 0 radical (unpaired) electrons. The number of carboxylic acids is 1. The van der Waals surface area contributed by atoms with E-state index in [0.29, 0.717) is 0 Å². The van der Waals surface area contributed by atoms with Crippen LogP contribution in [0.2, 0.25) is 0 Å². The van der Waals surface area contributed by atoms with Crippen LogP contribution in [-0.4, -0.2) is 38.0 Å². The van der Waals surface area contributed by atoms with E-state index in [-0.39, 0.29) is 29.6 Å². The van der Waals surface area contributed by atoms with E-state index in [2.05, 4.69) is 29.5 Å². The number of rotatable bonds is 6. The van der Waals surface area contributed by atoms with Gasteiger partial charge in [-0.25, -0.2) is 9.48 Å². The van der Waals surface area contributed by atoms with E-state index in [0.717, 1.165) is 5.56 Å². The van der Waals surface area contributed by atoms with Gasteiger partial charge in [-0.05, 0) is 12.5 Å². The first-order valence-electron chi connectivity index (χ1n) is 7.29. The maximum absolute atomic E-state index is 12.1. The van der Waals surface area contributed by atoms with Crippen molar-refractivity contribution in [2.45, 2.75) is 38.8 Å². The Bertz CT molecular complexity index is 694. The second kappa shape index (κ2) is 6.60. The predicted molar refractivity (Wildman–Crippen MR) is 84.1 cm³/mol. The van der Waals surface area contributed by atoms with Gasteiger partial charge in [0.1, 0.15) is 6.54 Å². The molecule has 0 aliphatic heterocycles. The van der Waals surface area contributed by atoms with E-state index >= 15 is 0 Å². The maximum Gasteiger partial charge on any atom is 0.358 e. The van der Waals surface area contributed by atoms with Gasteiger partial charge in [-0.1, -0.05) is 49.4 Å². The molecule has 1 atom stereocenters. The van der Waals surface area contributed by atoms with Gasteiger partial charge in [0.2, 0.25) is 5.91 Å². The highest BCUT2D eigenvalue weighted by Crippen LogP contribution is 2.26. The van der Waals surface area contributed by atoms with E-state index in [1.54, 1.807) is 0 Å². The molecule has 1 amide bonds. The Morgan fingerprint density at radius 1 is 1.30 bits per heavy atom. The first kappa shape index (κ1) is 16.7. The van der Waals surface area contributed by atoms with Crippen molar-refractivity contribution in [1.82, 2.24) is 20.3 Å². The van der Waals surface area contributed by atoms with Crippen molar-refractivity contribution in [3.8, 4) is 0 Å². The number of aromatic carboxylic acids is 1. The fourth-order valence-electron chi connectivity index (χ4n) is 2.21. The zero-order valence-electron chi connectivity index (χ0n) is 13.4. The van der Waals surface area contributed by atoms with E-state index in [1.807, 2.05) is 37.3 Å². The number of nitrogens with one attached hydrogen (secondary N) is 1. The summed E-state index contributed by atoms with van der Waals surface area (Å²) in [6.07, 6.45) is 1.23. The van der Waals surface area contributed by atoms with Crippen LogP contribution in [0.5, 0.6) is 0 Å². The third-order valence-corrected chi connectivity index (χ3v) is 4.04. The van der Waals surface area contributed by atoms with Crippen molar-refractivity contribution in [3.63, 3.8) is 0 Å². The minimum atomic E-state index is -1.17. The summed E-state index contributed by atoms with van der Waals surface area (Å²) in [5.74, 6) is -1.42. The molecular formula is C16H20N4O3. The number of amides is 1. The monoisotopic (exact) mass is 316 g/mol. The molecule has 0 saturated carbocycles. The first-order valence-corrected chi connectivity index (χ1v) is 7.29. The molecule has 0 saturated heterocycles. The fourth-order valence-corrected chi connectivity index (χ4v) is 2.21. The normalized spacial score (nSPS) is 12.7. The van der Waals surface area contributed by atoms with Crippen molar-refractivity contribution >= 4 is 11.9 Å². The number of hydrogen-bond donors (Lipinski definition) is 2. The fraction of sp³-hybridized carbons (Fsp3) is 0.375. The lowest BCUT2D eigenvalue weighted by Gasteiger charge is -2.33. The topological polar surface area (TPSA) is 97.1 Å². The van der Waals surface area contributed by atoms with E-state index < -0.39 is 5.97 Å². The molecule has 1 unspecified atom stereocenters. The number of aromatic nitrogens is 3. The lowest BCUT2D eigenvalue weighted by Crippen LogP contribution is -2.46. The molecule has 0 spiro atoms. The lowest BCUT2D eigenvalue weighted by molar-refractivity contribution is -0.122. The molecular weight excluding hydrogens is 296 g/mol. The summed E-state index contributed by atoms with van der Waals surface area (Å²) in [7, 11) is 0. The second-order valence-electron chi connectivity index (χ2n) is 5.98. The van der Waals surface area contributed by atoms with Gasteiger partial charge in [-0.15, -0.1) is 5.10 Å². The molecule has 23 heavy (non-hydrogen) atoms. The summed E-state index contributed by atoms with van der Waals surface area (Å²) in [6.45, 7) is 5.99. The molecule has 0 fully saturated rings. The Morgan fingerprint density at radius 3 is 2.52 bits per heavy atom. The molecule has 1 aromatic heterocycles. The average molecular weight is 316 g/mol. The van der Waals surface area contributed by atoms with Crippen molar-refractivity contribution in [3.05, 3.63) is 47.8 Å². The molecule has 2 aromatic rings. The molecule has 1 heterocycles. The molecule has 2 N–H and O–H groups in total. The van der Waals surface area contributed by atoms with Crippen LogP contribution in [0.25, 0.3) is 0 Å². The Kier molecular flexibility index (Phi) is 4.78. The van der Waals surface area contributed by atoms with Gasteiger partial charge in [0.05, 0.1) is 6.20 Å². The summed E-state index contributed by atoms with van der Waals surface area (Å²) < 4.78 is 1.21. The highest BCUT2D eigenvalue weighted by Gasteiger charge is 2.29. The van der Waals surface area contributed by atoms with Crippen molar-refractivity contribution < 1.29 is 14.7 Å². The summed E-state index contributed by atoms with van der Waals surface area (Å²) in [5.41, 5.74) is 0.697. The molecule has 0 aliphatic rings. The van der Waals surface area contributed by atoms with Crippen LogP contribution in [0.4, 0.5) is 0 Å². The van der Waals surface area contributed by atoms with Gasteiger partial charge < -0.3 is 10.4 Å². The van der Waals surface area contributed by atoms with E-state index in [9.17, 15) is 9.59 Å². The molecule has 7 heteroatoms. The quantitative estimate of drug-likeness (QED) is 0.841.